The molecule has 7 heteroatoms. The number of rotatable bonds is 8. The number of hydrogen-bond donors (Lipinski definition) is 1. The van der Waals surface area contributed by atoms with Crippen LogP contribution >= 0.6 is 0 Å². The molecule has 2 aromatic carbocycles. The second-order valence-corrected chi connectivity index (χ2v) is 6.53. The van der Waals surface area contributed by atoms with Crippen molar-refractivity contribution in [1.29, 1.82) is 0 Å². The molecule has 1 N–H and O–H groups in total. The Hall–Kier alpha value is -3.74. The summed E-state index contributed by atoms with van der Waals surface area (Å²) >= 11 is 0. The fourth-order valence-corrected chi connectivity index (χ4v) is 2.90. The Kier molecular flexibility index (Phi) is 6.52. The van der Waals surface area contributed by atoms with Crippen molar-refractivity contribution in [3.05, 3.63) is 99.9 Å². The number of amides is 1. The average Bonchev–Trinajstić information content (AvgIpc) is 2.73. The largest absolute Gasteiger partial charge is 0.487 e. The zero-order valence-corrected chi connectivity index (χ0v) is 15.9. The second-order valence-electron chi connectivity index (χ2n) is 6.53. The predicted octanol–water partition coefficient (Wildman–Crippen LogP) is 3.99. The molecule has 0 unspecified atom stereocenters. The van der Waals surface area contributed by atoms with Crippen molar-refractivity contribution in [3.63, 3.8) is 0 Å². The Balaban J connectivity index is 1.61. The molecule has 7 nitrogen and oxygen atoms in total. The van der Waals surface area contributed by atoms with Gasteiger partial charge in [-0.15, -0.1) is 0 Å². The number of carbonyl (C=O) groups is 1. The molecule has 1 amide bonds. The zero-order chi connectivity index (χ0) is 20.6. The number of ether oxygens (including phenoxy) is 1. The summed E-state index contributed by atoms with van der Waals surface area (Å²) in [7, 11) is 0. The van der Waals surface area contributed by atoms with E-state index in [1.807, 2.05) is 49.4 Å². The lowest BCUT2D eigenvalue weighted by Crippen LogP contribution is -2.28. The van der Waals surface area contributed by atoms with Gasteiger partial charge in [-0.3, -0.25) is 19.9 Å². The van der Waals surface area contributed by atoms with Gasteiger partial charge in [0.25, 0.3) is 5.69 Å². The van der Waals surface area contributed by atoms with Crippen molar-refractivity contribution in [2.75, 3.05) is 0 Å². The summed E-state index contributed by atoms with van der Waals surface area (Å²) in [5, 5.41) is 14.0. The summed E-state index contributed by atoms with van der Waals surface area (Å²) in [5.41, 5.74) is 2.03. The Morgan fingerprint density at radius 1 is 1.14 bits per heavy atom. The van der Waals surface area contributed by atoms with Gasteiger partial charge in [0.2, 0.25) is 5.91 Å². The number of nitrogens with one attached hydrogen (secondary N) is 1. The Morgan fingerprint density at radius 2 is 1.93 bits per heavy atom. The van der Waals surface area contributed by atoms with Crippen LogP contribution in [-0.4, -0.2) is 15.8 Å². The van der Waals surface area contributed by atoms with Gasteiger partial charge < -0.3 is 10.1 Å². The Morgan fingerprint density at radius 3 is 2.69 bits per heavy atom. The monoisotopic (exact) mass is 391 g/mol. The average molecular weight is 391 g/mol. The number of nitro groups is 1. The second kappa shape index (κ2) is 9.45. The maximum absolute atomic E-state index is 12.4. The van der Waals surface area contributed by atoms with E-state index in [0.717, 1.165) is 11.3 Å². The minimum atomic E-state index is -0.478. The molecule has 3 aromatic rings. The van der Waals surface area contributed by atoms with Crippen molar-refractivity contribution in [2.24, 2.45) is 0 Å². The van der Waals surface area contributed by atoms with E-state index < -0.39 is 4.92 Å². The molecule has 0 aliphatic rings. The molecular formula is C22H21N3O4. The molecule has 0 spiro atoms. The standard InChI is InChI=1S/C22H21N3O4/c1-16(24-22(26)14-18-7-2-3-11-21(18)25(27)28)17-8-6-10-20(13-17)29-15-19-9-4-5-12-23-19/h2-13,16H,14-15H2,1H3,(H,24,26)/t16-/m1/s1. The van der Waals surface area contributed by atoms with Gasteiger partial charge in [-0.2, -0.15) is 0 Å². The first-order chi connectivity index (χ1) is 14.0. The van der Waals surface area contributed by atoms with E-state index in [1.165, 1.54) is 6.07 Å². The van der Waals surface area contributed by atoms with Crippen LogP contribution in [0.1, 0.15) is 29.8 Å². The highest BCUT2D eigenvalue weighted by Crippen LogP contribution is 2.21. The number of nitrogens with zero attached hydrogens (tertiary/aromatic N) is 2. The zero-order valence-electron chi connectivity index (χ0n) is 15.9. The molecule has 1 heterocycles. The molecule has 0 radical (unpaired) electrons. The van der Waals surface area contributed by atoms with E-state index in [1.54, 1.807) is 24.4 Å². The van der Waals surface area contributed by atoms with Gasteiger partial charge in [0.05, 0.1) is 23.1 Å². The highest BCUT2D eigenvalue weighted by Gasteiger charge is 2.17. The van der Waals surface area contributed by atoms with E-state index in [2.05, 4.69) is 10.3 Å². The first kappa shape index (κ1) is 20.0. The molecule has 0 aliphatic heterocycles. The molecule has 0 saturated heterocycles. The first-order valence-electron chi connectivity index (χ1n) is 9.17. The number of aromatic nitrogens is 1. The van der Waals surface area contributed by atoms with E-state index in [-0.39, 0.29) is 24.1 Å². The smallest absolute Gasteiger partial charge is 0.273 e. The molecule has 0 aliphatic carbocycles. The number of nitro benzene ring substituents is 1. The number of benzene rings is 2. The number of pyridine rings is 1. The maximum Gasteiger partial charge on any atom is 0.273 e. The van der Waals surface area contributed by atoms with Crippen LogP contribution in [0.25, 0.3) is 0 Å². The summed E-state index contributed by atoms with van der Waals surface area (Å²) in [6.07, 6.45) is 1.65. The lowest BCUT2D eigenvalue weighted by Gasteiger charge is -2.16. The van der Waals surface area contributed by atoms with E-state index in [9.17, 15) is 14.9 Å². The van der Waals surface area contributed by atoms with Crippen LogP contribution in [0.5, 0.6) is 5.75 Å². The van der Waals surface area contributed by atoms with Crippen LogP contribution in [0.3, 0.4) is 0 Å². The third-order valence-electron chi connectivity index (χ3n) is 4.39. The van der Waals surface area contributed by atoms with Gasteiger partial charge in [-0.1, -0.05) is 36.4 Å². The number of para-hydroxylation sites is 1. The number of carbonyl (C=O) groups excluding carboxylic acids is 1. The van der Waals surface area contributed by atoms with E-state index in [0.29, 0.717) is 17.9 Å². The summed E-state index contributed by atoms with van der Waals surface area (Å²) in [6, 6.07) is 19.1. The van der Waals surface area contributed by atoms with Crippen molar-refractivity contribution in [2.45, 2.75) is 26.0 Å². The molecule has 0 saturated carbocycles. The minimum Gasteiger partial charge on any atom is -0.487 e. The van der Waals surface area contributed by atoms with Crippen molar-refractivity contribution >= 4 is 11.6 Å². The lowest BCUT2D eigenvalue weighted by molar-refractivity contribution is -0.385. The fourth-order valence-electron chi connectivity index (χ4n) is 2.90. The van der Waals surface area contributed by atoms with Crippen LogP contribution in [0.15, 0.2) is 72.9 Å². The summed E-state index contributed by atoms with van der Waals surface area (Å²) < 4.78 is 5.78. The normalized spacial score (nSPS) is 11.5. The Labute approximate surface area is 168 Å². The van der Waals surface area contributed by atoms with Crippen LogP contribution in [-0.2, 0) is 17.8 Å². The van der Waals surface area contributed by atoms with Gasteiger partial charge in [0.15, 0.2) is 0 Å². The third kappa shape index (κ3) is 5.62. The highest BCUT2D eigenvalue weighted by molar-refractivity contribution is 5.80. The number of hydrogen-bond acceptors (Lipinski definition) is 5. The van der Waals surface area contributed by atoms with Crippen molar-refractivity contribution < 1.29 is 14.5 Å². The molecule has 29 heavy (non-hydrogen) atoms. The van der Waals surface area contributed by atoms with Crippen molar-refractivity contribution in [3.8, 4) is 5.75 Å². The lowest BCUT2D eigenvalue weighted by atomic mass is 10.1. The molecule has 1 aromatic heterocycles. The maximum atomic E-state index is 12.4. The fraction of sp³-hybridized carbons (Fsp3) is 0.182. The first-order valence-corrected chi connectivity index (χ1v) is 9.17. The van der Waals surface area contributed by atoms with Crippen LogP contribution in [0.4, 0.5) is 5.69 Å². The topological polar surface area (TPSA) is 94.4 Å². The van der Waals surface area contributed by atoms with E-state index >= 15 is 0 Å². The van der Waals surface area contributed by atoms with Crippen molar-refractivity contribution in [1.82, 2.24) is 10.3 Å². The van der Waals surface area contributed by atoms with E-state index in [4.69, 9.17) is 4.74 Å². The molecule has 148 valence electrons. The minimum absolute atomic E-state index is 0.0554. The molecule has 1 atom stereocenters. The van der Waals surface area contributed by atoms with Gasteiger partial charge in [0, 0.05) is 17.8 Å². The summed E-state index contributed by atoms with van der Waals surface area (Å²) in [4.78, 5) is 27.2. The molecule has 0 fully saturated rings. The highest BCUT2D eigenvalue weighted by atomic mass is 16.6. The van der Waals surface area contributed by atoms with Crippen LogP contribution < -0.4 is 10.1 Å². The molecule has 3 rings (SSSR count). The van der Waals surface area contributed by atoms with Gasteiger partial charge in [-0.05, 0) is 36.8 Å². The Bertz CT molecular complexity index is 992. The van der Waals surface area contributed by atoms with Crippen LogP contribution in [0, 0.1) is 10.1 Å². The quantitative estimate of drug-likeness (QED) is 0.463. The molecule has 0 bridgehead atoms. The summed E-state index contributed by atoms with van der Waals surface area (Å²) in [5.74, 6) is 0.388. The summed E-state index contributed by atoms with van der Waals surface area (Å²) in [6.45, 7) is 2.21. The molecular weight excluding hydrogens is 370 g/mol. The SMILES string of the molecule is C[C@@H](NC(=O)Cc1ccccc1[N+](=O)[O-])c1cccc(OCc2ccccn2)c1. The predicted molar refractivity (Wildman–Crippen MR) is 108 cm³/mol. The van der Waals surface area contributed by atoms with Crippen LogP contribution in [0.2, 0.25) is 0 Å². The van der Waals surface area contributed by atoms with Gasteiger partial charge >= 0.3 is 0 Å². The third-order valence-corrected chi connectivity index (χ3v) is 4.39. The van der Waals surface area contributed by atoms with Gasteiger partial charge in [0.1, 0.15) is 12.4 Å². The van der Waals surface area contributed by atoms with Gasteiger partial charge in [-0.25, -0.2) is 0 Å².